The Labute approximate surface area is 96.9 Å². The van der Waals surface area contributed by atoms with Crippen molar-refractivity contribution in [3.05, 3.63) is 18.2 Å². The van der Waals surface area contributed by atoms with Crippen LogP contribution >= 0.6 is 0 Å². The first-order valence-corrected chi connectivity index (χ1v) is 6.11. The van der Waals surface area contributed by atoms with Gasteiger partial charge in [-0.15, -0.1) is 0 Å². The second kappa shape index (κ2) is 4.55. The average molecular weight is 223 g/mol. The first kappa shape index (κ1) is 11.6. The lowest BCUT2D eigenvalue weighted by molar-refractivity contribution is -0.0103. The van der Waals surface area contributed by atoms with E-state index in [1.165, 1.54) is 0 Å². The Morgan fingerprint density at radius 3 is 2.81 bits per heavy atom. The first-order chi connectivity index (χ1) is 7.67. The van der Waals surface area contributed by atoms with Crippen molar-refractivity contribution in [3.63, 3.8) is 0 Å². The maximum atomic E-state index is 10.3. The Morgan fingerprint density at radius 1 is 1.38 bits per heavy atom. The summed E-state index contributed by atoms with van der Waals surface area (Å²) in [5, 5.41) is 10.3. The van der Waals surface area contributed by atoms with Crippen LogP contribution < -0.4 is 0 Å². The van der Waals surface area contributed by atoms with Crippen molar-refractivity contribution in [3.8, 4) is 0 Å². The van der Waals surface area contributed by atoms with E-state index in [9.17, 15) is 5.11 Å². The smallest absolute Gasteiger partial charge is 0.122 e. The highest BCUT2D eigenvalue weighted by atomic mass is 16.3. The van der Waals surface area contributed by atoms with Crippen LogP contribution in [0.15, 0.2) is 12.4 Å². The highest BCUT2D eigenvalue weighted by molar-refractivity contribution is 4.96. The first-order valence-electron chi connectivity index (χ1n) is 6.11. The van der Waals surface area contributed by atoms with Crippen molar-refractivity contribution >= 4 is 0 Å². The van der Waals surface area contributed by atoms with Gasteiger partial charge in [0.1, 0.15) is 5.82 Å². The lowest BCUT2D eigenvalue weighted by Gasteiger charge is -2.35. The third-order valence-electron chi connectivity index (χ3n) is 3.66. The van der Waals surface area contributed by atoms with Crippen LogP contribution in [0, 0.1) is 0 Å². The van der Waals surface area contributed by atoms with Crippen LogP contribution in [0.1, 0.15) is 32.5 Å². The average Bonchev–Trinajstić information content (AvgIpc) is 2.76. The Morgan fingerprint density at radius 2 is 2.12 bits per heavy atom. The maximum absolute atomic E-state index is 10.3. The molecule has 0 radical (unpaired) electrons. The summed E-state index contributed by atoms with van der Waals surface area (Å²) < 4.78 is 2.19. The van der Waals surface area contributed by atoms with Crippen LogP contribution in [-0.2, 0) is 13.1 Å². The molecule has 0 bridgehead atoms. The number of fused-ring (bicyclic) bond motifs is 1. The highest BCUT2D eigenvalue weighted by Crippen LogP contribution is 2.19. The molecule has 0 atom stereocenters. The molecule has 0 aliphatic carbocycles. The van der Waals surface area contributed by atoms with Crippen LogP contribution in [0.5, 0.6) is 0 Å². The fourth-order valence-corrected chi connectivity index (χ4v) is 2.25. The third-order valence-corrected chi connectivity index (χ3v) is 3.66. The highest BCUT2D eigenvalue weighted by Gasteiger charge is 2.27. The van der Waals surface area contributed by atoms with Gasteiger partial charge in [-0.05, 0) is 12.8 Å². The number of β-amino-alcohol motifs (C(OH)–C–C–N with tert-alkyl or cyclic N) is 1. The number of nitrogens with zero attached hydrogens (tertiary/aromatic N) is 3. The minimum atomic E-state index is -0.533. The molecule has 0 saturated carbocycles. The van der Waals surface area contributed by atoms with E-state index in [1.54, 1.807) is 0 Å². The molecule has 1 aromatic heterocycles. The predicted molar refractivity (Wildman–Crippen MR) is 63.0 cm³/mol. The second-order valence-corrected chi connectivity index (χ2v) is 4.68. The molecule has 90 valence electrons. The molecule has 1 aliphatic rings. The van der Waals surface area contributed by atoms with Crippen molar-refractivity contribution in [2.45, 2.75) is 45.4 Å². The minimum Gasteiger partial charge on any atom is -0.389 e. The van der Waals surface area contributed by atoms with E-state index < -0.39 is 5.60 Å². The van der Waals surface area contributed by atoms with Gasteiger partial charge in [-0.1, -0.05) is 13.8 Å². The van der Waals surface area contributed by atoms with Crippen LogP contribution in [0.3, 0.4) is 0 Å². The molecule has 0 spiro atoms. The van der Waals surface area contributed by atoms with Crippen molar-refractivity contribution < 1.29 is 5.11 Å². The summed E-state index contributed by atoms with van der Waals surface area (Å²) in [6.07, 6.45) is 5.51. The molecule has 16 heavy (non-hydrogen) atoms. The van der Waals surface area contributed by atoms with Crippen LogP contribution in [0.4, 0.5) is 0 Å². The van der Waals surface area contributed by atoms with E-state index in [2.05, 4.69) is 14.5 Å². The Balaban J connectivity index is 1.99. The van der Waals surface area contributed by atoms with Gasteiger partial charge in [-0.2, -0.15) is 0 Å². The molecule has 0 aromatic carbocycles. The maximum Gasteiger partial charge on any atom is 0.122 e. The number of imidazole rings is 1. The molecule has 1 N–H and O–H groups in total. The molecule has 1 aliphatic heterocycles. The van der Waals surface area contributed by atoms with Gasteiger partial charge in [-0.25, -0.2) is 4.98 Å². The number of rotatable bonds is 4. The van der Waals surface area contributed by atoms with E-state index in [1.807, 2.05) is 26.2 Å². The molecular weight excluding hydrogens is 202 g/mol. The van der Waals surface area contributed by atoms with E-state index in [4.69, 9.17) is 0 Å². The largest absolute Gasteiger partial charge is 0.389 e. The summed E-state index contributed by atoms with van der Waals surface area (Å²) in [5.74, 6) is 1.11. The molecule has 4 nitrogen and oxygen atoms in total. The van der Waals surface area contributed by atoms with Crippen LogP contribution in [0.25, 0.3) is 0 Å². The molecule has 0 saturated heterocycles. The van der Waals surface area contributed by atoms with Crippen molar-refractivity contribution in [2.24, 2.45) is 0 Å². The summed E-state index contributed by atoms with van der Waals surface area (Å²) in [6.45, 7) is 7.70. The van der Waals surface area contributed by atoms with Gasteiger partial charge in [0.05, 0.1) is 12.1 Å². The van der Waals surface area contributed by atoms with Gasteiger partial charge in [-0.3, -0.25) is 4.90 Å². The SMILES string of the molecule is CCC(O)(CC)CN1CCn2ccnc2C1. The summed E-state index contributed by atoms with van der Waals surface area (Å²) in [5.41, 5.74) is -0.533. The van der Waals surface area contributed by atoms with Gasteiger partial charge in [0.2, 0.25) is 0 Å². The number of aliphatic hydroxyl groups is 1. The van der Waals surface area contributed by atoms with E-state index in [0.29, 0.717) is 0 Å². The molecule has 0 amide bonds. The molecule has 0 fully saturated rings. The zero-order valence-electron chi connectivity index (χ0n) is 10.2. The number of hydrogen-bond acceptors (Lipinski definition) is 3. The second-order valence-electron chi connectivity index (χ2n) is 4.68. The quantitative estimate of drug-likeness (QED) is 0.835. The molecule has 2 heterocycles. The number of aromatic nitrogens is 2. The zero-order valence-corrected chi connectivity index (χ0v) is 10.2. The van der Waals surface area contributed by atoms with E-state index in [0.717, 1.165) is 44.8 Å². The van der Waals surface area contributed by atoms with E-state index >= 15 is 0 Å². The minimum absolute atomic E-state index is 0.533. The predicted octanol–water partition coefficient (Wildman–Crippen LogP) is 1.25. The summed E-state index contributed by atoms with van der Waals surface area (Å²) in [4.78, 5) is 6.63. The van der Waals surface area contributed by atoms with Crippen LogP contribution in [-0.4, -0.2) is 38.2 Å². The topological polar surface area (TPSA) is 41.3 Å². The standard InChI is InChI=1S/C12H21N3O/c1-3-12(16,4-2)10-14-7-8-15-6-5-13-11(15)9-14/h5-6,16H,3-4,7-10H2,1-2H3. The summed E-state index contributed by atoms with van der Waals surface area (Å²) >= 11 is 0. The fraction of sp³-hybridized carbons (Fsp3) is 0.750. The zero-order chi connectivity index (χ0) is 11.6. The summed E-state index contributed by atoms with van der Waals surface area (Å²) in [7, 11) is 0. The molecule has 1 aromatic rings. The van der Waals surface area contributed by atoms with Gasteiger partial charge in [0.15, 0.2) is 0 Å². The van der Waals surface area contributed by atoms with Gasteiger partial charge < -0.3 is 9.67 Å². The molecule has 0 unspecified atom stereocenters. The van der Waals surface area contributed by atoms with Crippen molar-refractivity contribution in [1.29, 1.82) is 0 Å². The Kier molecular flexibility index (Phi) is 3.30. The number of hydrogen-bond donors (Lipinski definition) is 1. The van der Waals surface area contributed by atoms with Crippen molar-refractivity contribution in [1.82, 2.24) is 14.5 Å². The van der Waals surface area contributed by atoms with Gasteiger partial charge in [0, 0.05) is 32.0 Å². The summed E-state index contributed by atoms with van der Waals surface area (Å²) in [6, 6.07) is 0. The van der Waals surface area contributed by atoms with Crippen LogP contribution in [0.2, 0.25) is 0 Å². The molecule has 2 rings (SSSR count). The molecule has 4 heteroatoms. The lowest BCUT2D eigenvalue weighted by Crippen LogP contribution is -2.45. The van der Waals surface area contributed by atoms with Gasteiger partial charge >= 0.3 is 0 Å². The third kappa shape index (κ3) is 2.28. The lowest BCUT2D eigenvalue weighted by atomic mass is 9.96. The normalized spacial score (nSPS) is 17.4. The Hall–Kier alpha value is -0.870. The van der Waals surface area contributed by atoms with E-state index in [-0.39, 0.29) is 0 Å². The fourth-order valence-electron chi connectivity index (χ4n) is 2.25. The monoisotopic (exact) mass is 223 g/mol. The Bertz CT molecular complexity index is 344. The molecular formula is C12H21N3O. The van der Waals surface area contributed by atoms with Crippen molar-refractivity contribution in [2.75, 3.05) is 13.1 Å². The van der Waals surface area contributed by atoms with Gasteiger partial charge in [0.25, 0.3) is 0 Å².